The van der Waals surface area contributed by atoms with Crippen LogP contribution in [0.2, 0.25) is 0 Å². The molecule has 0 unspecified atom stereocenters. The number of hydrogen-bond acceptors (Lipinski definition) is 1. The second-order valence-electron chi connectivity index (χ2n) is 3.71. The van der Waals surface area contributed by atoms with Crippen LogP contribution in [0.15, 0.2) is 11.3 Å². The fourth-order valence-corrected chi connectivity index (χ4v) is 1.81. The highest BCUT2D eigenvalue weighted by molar-refractivity contribution is 5.10. The van der Waals surface area contributed by atoms with Crippen molar-refractivity contribution in [1.29, 1.82) is 0 Å². The smallest absolute Gasteiger partial charge is 0.0914 e. The molecule has 0 heterocycles. The molecule has 70 valence electrons. The molecule has 1 aliphatic carbocycles. The molecule has 0 radical (unpaired) electrons. The van der Waals surface area contributed by atoms with Crippen LogP contribution in [-0.4, -0.2) is 5.11 Å². The summed E-state index contributed by atoms with van der Waals surface area (Å²) in [6.07, 6.45) is 9.44. The Labute approximate surface area is 75.5 Å². The van der Waals surface area contributed by atoms with Crippen LogP contribution in [0.3, 0.4) is 0 Å². The number of rotatable bonds is 4. The number of aliphatic hydroxyl groups excluding tert-OH is 1. The van der Waals surface area contributed by atoms with E-state index in [0.717, 1.165) is 25.7 Å². The van der Waals surface area contributed by atoms with Gasteiger partial charge in [0.2, 0.25) is 0 Å². The molecule has 1 aliphatic rings. The molecule has 0 bridgehead atoms. The minimum Gasteiger partial charge on any atom is -0.512 e. The molecule has 1 heteroatoms. The van der Waals surface area contributed by atoms with Crippen LogP contribution in [0.1, 0.15) is 58.3 Å². The van der Waals surface area contributed by atoms with Crippen LogP contribution in [0.4, 0.5) is 0 Å². The van der Waals surface area contributed by atoms with Gasteiger partial charge in [-0.05, 0) is 37.7 Å². The van der Waals surface area contributed by atoms with Crippen molar-refractivity contribution >= 4 is 0 Å². The van der Waals surface area contributed by atoms with E-state index in [1.54, 1.807) is 0 Å². The Bertz CT molecular complexity index is 150. The highest BCUT2D eigenvalue weighted by Gasteiger charge is 2.11. The molecule has 0 aromatic heterocycles. The summed E-state index contributed by atoms with van der Waals surface area (Å²) in [7, 11) is 0. The van der Waals surface area contributed by atoms with E-state index in [-0.39, 0.29) is 0 Å². The molecule has 1 saturated carbocycles. The van der Waals surface area contributed by atoms with E-state index in [9.17, 15) is 5.11 Å². The van der Waals surface area contributed by atoms with Gasteiger partial charge in [-0.25, -0.2) is 0 Å². The van der Waals surface area contributed by atoms with Crippen LogP contribution < -0.4 is 0 Å². The molecule has 0 aromatic carbocycles. The first-order valence-electron chi connectivity index (χ1n) is 5.24. The Morgan fingerprint density at radius 2 is 1.92 bits per heavy atom. The Kier molecular flexibility index (Phi) is 4.20. The summed E-state index contributed by atoms with van der Waals surface area (Å²) in [5.41, 5.74) is 1.34. The molecule has 1 fully saturated rings. The van der Waals surface area contributed by atoms with Gasteiger partial charge in [-0.3, -0.25) is 0 Å². The van der Waals surface area contributed by atoms with E-state index >= 15 is 0 Å². The minimum atomic E-state index is 0.709. The third kappa shape index (κ3) is 2.88. The topological polar surface area (TPSA) is 20.2 Å². The number of allylic oxidation sites excluding steroid dienone is 2. The Morgan fingerprint density at radius 3 is 2.50 bits per heavy atom. The van der Waals surface area contributed by atoms with Crippen LogP contribution in [0.5, 0.6) is 0 Å². The van der Waals surface area contributed by atoms with Gasteiger partial charge < -0.3 is 5.11 Å². The van der Waals surface area contributed by atoms with Gasteiger partial charge in [0, 0.05) is 6.42 Å². The van der Waals surface area contributed by atoms with Gasteiger partial charge >= 0.3 is 0 Å². The lowest BCUT2D eigenvalue weighted by Gasteiger charge is -2.03. The Hall–Kier alpha value is -0.460. The average Bonchev–Trinajstić information content (AvgIpc) is 2.56. The van der Waals surface area contributed by atoms with E-state index in [0.29, 0.717) is 5.76 Å². The summed E-state index contributed by atoms with van der Waals surface area (Å²) < 4.78 is 0. The van der Waals surface area contributed by atoms with Gasteiger partial charge in [0.15, 0.2) is 0 Å². The van der Waals surface area contributed by atoms with E-state index in [1.165, 1.54) is 31.3 Å². The zero-order valence-corrected chi connectivity index (χ0v) is 8.10. The molecule has 0 aromatic rings. The van der Waals surface area contributed by atoms with Crippen molar-refractivity contribution in [3.8, 4) is 0 Å². The van der Waals surface area contributed by atoms with Crippen molar-refractivity contribution in [2.75, 3.05) is 0 Å². The van der Waals surface area contributed by atoms with Crippen LogP contribution in [0.25, 0.3) is 0 Å². The van der Waals surface area contributed by atoms with Gasteiger partial charge in [-0.15, -0.1) is 0 Å². The summed E-state index contributed by atoms with van der Waals surface area (Å²) >= 11 is 0. The third-order valence-electron chi connectivity index (χ3n) is 2.63. The zero-order valence-electron chi connectivity index (χ0n) is 8.10. The Balaban J connectivity index is 2.25. The fourth-order valence-electron chi connectivity index (χ4n) is 1.81. The maximum Gasteiger partial charge on any atom is 0.0914 e. The summed E-state index contributed by atoms with van der Waals surface area (Å²) in [6, 6.07) is 0. The van der Waals surface area contributed by atoms with E-state index in [4.69, 9.17) is 0 Å². The first-order valence-corrected chi connectivity index (χ1v) is 5.24. The van der Waals surface area contributed by atoms with Gasteiger partial charge in [-0.2, -0.15) is 0 Å². The predicted octanol–water partition coefficient (Wildman–Crippen LogP) is 3.95. The van der Waals surface area contributed by atoms with Gasteiger partial charge in [0.25, 0.3) is 0 Å². The normalized spacial score (nSPS) is 16.9. The molecule has 0 spiro atoms. The Morgan fingerprint density at radius 1 is 1.25 bits per heavy atom. The number of hydrogen-bond donors (Lipinski definition) is 1. The third-order valence-corrected chi connectivity index (χ3v) is 2.63. The summed E-state index contributed by atoms with van der Waals surface area (Å²) in [4.78, 5) is 0. The largest absolute Gasteiger partial charge is 0.512 e. The quantitative estimate of drug-likeness (QED) is 0.497. The molecule has 0 atom stereocenters. The second kappa shape index (κ2) is 5.23. The maximum absolute atomic E-state index is 9.66. The maximum atomic E-state index is 9.66. The molecular weight excluding hydrogens is 148 g/mol. The van der Waals surface area contributed by atoms with Gasteiger partial charge in [-0.1, -0.05) is 19.8 Å². The van der Waals surface area contributed by atoms with Crippen molar-refractivity contribution < 1.29 is 5.11 Å². The van der Waals surface area contributed by atoms with Crippen LogP contribution >= 0.6 is 0 Å². The monoisotopic (exact) mass is 168 g/mol. The van der Waals surface area contributed by atoms with Crippen molar-refractivity contribution in [1.82, 2.24) is 0 Å². The minimum absolute atomic E-state index is 0.709. The van der Waals surface area contributed by atoms with Crippen LogP contribution in [-0.2, 0) is 0 Å². The standard InChI is InChI=1S/C11H20O/c1-2-3-4-9-11(12)10-7-5-6-8-10/h12H,2-9H2,1H3. The molecule has 0 amide bonds. The molecule has 0 saturated heterocycles. The number of aliphatic hydroxyl groups is 1. The molecule has 12 heavy (non-hydrogen) atoms. The zero-order chi connectivity index (χ0) is 8.81. The van der Waals surface area contributed by atoms with Crippen LogP contribution in [0, 0.1) is 0 Å². The average molecular weight is 168 g/mol. The van der Waals surface area contributed by atoms with Crippen molar-refractivity contribution in [3.05, 3.63) is 11.3 Å². The van der Waals surface area contributed by atoms with E-state index in [2.05, 4.69) is 6.92 Å². The molecule has 1 N–H and O–H groups in total. The van der Waals surface area contributed by atoms with Crippen molar-refractivity contribution in [2.24, 2.45) is 0 Å². The second-order valence-corrected chi connectivity index (χ2v) is 3.71. The summed E-state index contributed by atoms with van der Waals surface area (Å²) in [5.74, 6) is 0.709. The number of unbranched alkanes of at least 4 members (excludes halogenated alkanes) is 2. The molecule has 1 rings (SSSR count). The lowest BCUT2D eigenvalue weighted by atomic mass is 10.1. The molecule has 0 aliphatic heterocycles. The lowest BCUT2D eigenvalue weighted by Crippen LogP contribution is -1.87. The van der Waals surface area contributed by atoms with Gasteiger partial charge in [0.05, 0.1) is 5.76 Å². The van der Waals surface area contributed by atoms with E-state index in [1.807, 2.05) is 0 Å². The fraction of sp³-hybridized carbons (Fsp3) is 0.818. The van der Waals surface area contributed by atoms with Crippen molar-refractivity contribution in [3.63, 3.8) is 0 Å². The first kappa shape index (κ1) is 9.63. The first-order chi connectivity index (χ1) is 5.84. The SMILES string of the molecule is CCCCCC(O)=C1CCCC1. The summed E-state index contributed by atoms with van der Waals surface area (Å²) in [6.45, 7) is 2.19. The van der Waals surface area contributed by atoms with Crippen molar-refractivity contribution in [2.45, 2.75) is 58.3 Å². The van der Waals surface area contributed by atoms with Gasteiger partial charge in [0.1, 0.15) is 0 Å². The molecular formula is C11H20O. The summed E-state index contributed by atoms with van der Waals surface area (Å²) in [5, 5.41) is 9.66. The highest BCUT2D eigenvalue weighted by Crippen LogP contribution is 2.27. The predicted molar refractivity (Wildman–Crippen MR) is 52.3 cm³/mol. The lowest BCUT2D eigenvalue weighted by molar-refractivity contribution is 0.372. The molecule has 1 nitrogen and oxygen atoms in total. The highest BCUT2D eigenvalue weighted by atomic mass is 16.3. The van der Waals surface area contributed by atoms with E-state index < -0.39 is 0 Å².